The molecule has 118 valence electrons. The van der Waals surface area contributed by atoms with Crippen LogP contribution in [0.15, 0.2) is 28.0 Å². The lowest BCUT2D eigenvalue weighted by molar-refractivity contribution is 0.451. The molecule has 1 aliphatic rings. The molecule has 0 atom stereocenters. The van der Waals surface area contributed by atoms with E-state index in [1.54, 1.807) is 6.07 Å². The summed E-state index contributed by atoms with van der Waals surface area (Å²) in [6, 6.07) is 4.62. The Bertz CT molecular complexity index is 745. The molecule has 1 saturated carbocycles. The van der Waals surface area contributed by atoms with Gasteiger partial charge < -0.3 is 5.73 Å². The van der Waals surface area contributed by atoms with Crippen molar-refractivity contribution in [2.24, 2.45) is 5.73 Å². The molecule has 0 amide bonds. The minimum Gasteiger partial charge on any atom is -0.330 e. The Labute approximate surface area is 126 Å². The molecule has 1 aliphatic carbocycles. The summed E-state index contributed by atoms with van der Waals surface area (Å²) in [5.41, 5.74) is 6.52. The molecular weight excluding hydrogens is 310 g/mol. The Morgan fingerprint density at radius 1 is 1.00 bits per heavy atom. The Morgan fingerprint density at radius 2 is 1.52 bits per heavy atom. The van der Waals surface area contributed by atoms with Crippen LogP contribution in [-0.2, 0) is 25.1 Å². The minimum absolute atomic E-state index is 0.123. The average Bonchev–Trinajstić information content (AvgIpc) is 2.86. The molecule has 5 nitrogen and oxygen atoms in total. The van der Waals surface area contributed by atoms with Crippen LogP contribution in [0.2, 0.25) is 0 Å². The average molecular weight is 331 g/mol. The third kappa shape index (κ3) is 3.14. The highest BCUT2D eigenvalue weighted by molar-refractivity contribution is 7.93. The van der Waals surface area contributed by atoms with Crippen molar-refractivity contribution in [3.8, 4) is 0 Å². The number of nitrogens with two attached hydrogens (primary N) is 1. The molecular formula is C14H21NO4S2. The summed E-state index contributed by atoms with van der Waals surface area (Å²) in [7, 11) is -7.22. The highest BCUT2D eigenvalue weighted by atomic mass is 32.2. The summed E-state index contributed by atoms with van der Waals surface area (Å²) in [4.78, 5) is -0.263. The summed E-state index contributed by atoms with van der Waals surface area (Å²) in [6.07, 6.45) is 5.98. The third-order valence-electron chi connectivity index (χ3n) is 4.31. The maximum absolute atomic E-state index is 12.0. The first-order valence-corrected chi connectivity index (χ1v) is 10.6. The zero-order chi connectivity index (χ0) is 15.9. The van der Waals surface area contributed by atoms with Gasteiger partial charge in [0.1, 0.15) is 0 Å². The first-order valence-electron chi connectivity index (χ1n) is 6.85. The van der Waals surface area contributed by atoms with Gasteiger partial charge >= 0.3 is 0 Å². The number of sulfone groups is 2. The highest BCUT2D eigenvalue weighted by Gasteiger charge is 2.35. The second kappa shape index (κ2) is 5.37. The van der Waals surface area contributed by atoms with E-state index in [9.17, 15) is 16.8 Å². The van der Waals surface area contributed by atoms with E-state index in [0.29, 0.717) is 6.54 Å². The fourth-order valence-corrected chi connectivity index (χ4v) is 5.52. The Hall–Kier alpha value is -0.920. The van der Waals surface area contributed by atoms with E-state index in [0.717, 1.165) is 43.8 Å². The predicted molar refractivity (Wildman–Crippen MR) is 81.9 cm³/mol. The smallest absolute Gasteiger partial charge is 0.176 e. The standard InChI is InChI=1S/C14H21NO4S2/c1-20(16,17)12-6-5-11(9-13(12)21(2,18)19)14(10-15)7-3-4-8-14/h5-6,9H,3-4,7-8,10,15H2,1-2H3. The molecule has 21 heavy (non-hydrogen) atoms. The summed E-state index contributed by atoms with van der Waals surface area (Å²) < 4.78 is 47.5. The largest absolute Gasteiger partial charge is 0.330 e. The van der Waals surface area contributed by atoms with Crippen molar-refractivity contribution in [2.45, 2.75) is 40.9 Å². The molecule has 0 unspecified atom stereocenters. The van der Waals surface area contributed by atoms with Gasteiger partial charge in [-0.3, -0.25) is 0 Å². The van der Waals surface area contributed by atoms with Gasteiger partial charge in [0.05, 0.1) is 9.79 Å². The number of hydrogen-bond acceptors (Lipinski definition) is 5. The SMILES string of the molecule is CS(=O)(=O)c1ccc(C2(CN)CCCC2)cc1S(C)(=O)=O. The zero-order valence-electron chi connectivity index (χ0n) is 12.3. The molecule has 0 heterocycles. The van der Waals surface area contributed by atoms with Gasteiger partial charge in [-0.2, -0.15) is 0 Å². The molecule has 0 aliphatic heterocycles. The van der Waals surface area contributed by atoms with E-state index in [1.165, 1.54) is 12.1 Å². The van der Waals surface area contributed by atoms with Crippen molar-refractivity contribution in [1.82, 2.24) is 0 Å². The molecule has 1 aromatic rings. The molecule has 0 saturated heterocycles. The van der Waals surface area contributed by atoms with Crippen LogP contribution in [0.3, 0.4) is 0 Å². The number of benzene rings is 1. The number of hydrogen-bond donors (Lipinski definition) is 1. The molecule has 0 bridgehead atoms. The Morgan fingerprint density at radius 3 is 1.95 bits per heavy atom. The van der Waals surface area contributed by atoms with Gasteiger partial charge in [-0.05, 0) is 30.5 Å². The lowest BCUT2D eigenvalue weighted by Crippen LogP contribution is -2.32. The van der Waals surface area contributed by atoms with Crippen LogP contribution >= 0.6 is 0 Å². The second-order valence-corrected chi connectivity index (χ2v) is 9.87. The number of rotatable bonds is 4. The lowest BCUT2D eigenvalue weighted by Gasteiger charge is -2.28. The van der Waals surface area contributed by atoms with E-state index in [4.69, 9.17) is 5.73 Å². The topological polar surface area (TPSA) is 94.3 Å². The van der Waals surface area contributed by atoms with Crippen LogP contribution in [0.5, 0.6) is 0 Å². The molecule has 2 rings (SSSR count). The summed E-state index contributed by atoms with van der Waals surface area (Å²) in [6.45, 7) is 0.439. The van der Waals surface area contributed by atoms with Gasteiger partial charge in [0.25, 0.3) is 0 Å². The predicted octanol–water partition coefficient (Wildman–Crippen LogP) is 1.26. The Balaban J connectivity index is 2.69. The van der Waals surface area contributed by atoms with Crippen LogP contribution in [0.25, 0.3) is 0 Å². The zero-order valence-corrected chi connectivity index (χ0v) is 13.9. The first-order chi connectivity index (χ1) is 9.60. The second-order valence-electron chi connectivity index (χ2n) is 5.90. The van der Waals surface area contributed by atoms with Gasteiger partial charge in [0.15, 0.2) is 19.7 Å². The van der Waals surface area contributed by atoms with Crippen molar-refractivity contribution in [1.29, 1.82) is 0 Å². The van der Waals surface area contributed by atoms with Crippen molar-refractivity contribution < 1.29 is 16.8 Å². The molecule has 1 aromatic carbocycles. The van der Waals surface area contributed by atoms with Crippen molar-refractivity contribution in [2.75, 3.05) is 19.1 Å². The maximum Gasteiger partial charge on any atom is 0.176 e. The van der Waals surface area contributed by atoms with E-state index in [-0.39, 0.29) is 15.2 Å². The van der Waals surface area contributed by atoms with E-state index in [1.807, 2.05) is 0 Å². The quantitative estimate of drug-likeness (QED) is 0.896. The summed E-state index contributed by atoms with van der Waals surface area (Å²) in [5.74, 6) is 0. The molecule has 2 N–H and O–H groups in total. The van der Waals surface area contributed by atoms with Crippen LogP contribution in [-0.4, -0.2) is 35.9 Å². The monoisotopic (exact) mass is 331 g/mol. The van der Waals surface area contributed by atoms with Crippen LogP contribution in [0, 0.1) is 0 Å². The normalized spacial score (nSPS) is 18.8. The van der Waals surface area contributed by atoms with Crippen LogP contribution in [0.1, 0.15) is 31.2 Å². The molecule has 0 aromatic heterocycles. The van der Waals surface area contributed by atoms with Gasteiger partial charge in [0.2, 0.25) is 0 Å². The van der Waals surface area contributed by atoms with Crippen LogP contribution < -0.4 is 5.73 Å². The maximum atomic E-state index is 12.0. The summed E-state index contributed by atoms with van der Waals surface area (Å²) >= 11 is 0. The fraction of sp³-hybridized carbons (Fsp3) is 0.571. The third-order valence-corrected chi connectivity index (χ3v) is 6.73. The van der Waals surface area contributed by atoms with Gasteiger partial charge in [-0.25, -0.2) is 16.8 Å². The first kappa shape index (κ1) is 16.5. The van der Waals surface area contributed by atoms with Crippen molar-refractivity contribution in [3.63, 3.8) is 0 Å². The molecule has 1 fully saturated rings. The fourth-order valence-electron chi connectivity index (χ4n) is 3.10. The summed E-state index contributed by atoms with van der Waals surface area (Å²) in [5, 5.41) is 0. The molecule has 7 heteroatoms. The Kier molecular flexibility index (Phi) is 4.21. The van der Waals surface area contributed by atoms with Gasteiger partial charge in [-0.1, -0.05) is 18.9 Å². The van der Waals surface area contributed by atoms with Gasteiger partial charge in [-0.15, -0.1) is 0 Å². The van der Waals surface area contributed by atoms with E-state index >= 15 is 0 Å². The van der Waals surface area contributed by atoms with E-state index < -0.39 is 19.7 Å². The van der Waals surface area contributed by atoms with Gasteiger partial charge in [0, 0.05) is 24.5 Å². The molecule has 0 spiro atoms. The molecule has 0 radical (unpaired) electrons. The van der Waals surface area contributed by atoms with E-state index in [2.05, 4.69) is 0 Å². The lowest BCUT2D eigenvalue weighted by atomic mass is 9.79. The minimum atomic E-state index is -3.62. The van der Waals surface area contributed by atoms with Crippen molar-refractivity contribution in [3.05, 3.63) is 23.8 Å². The van der Waals surface area contributed by atoms with Crippen LogP contribution in [0.4, 0.5) is 0 Å². The van der Waals surface area contributed by atoms with Crippen molar-refractivity contribution >= 4 is 19.7 Å². The highest BCUT2D eigenvalue weighted by Crippen LogP contribution is 2.41.